The van der Waals surface area contributed by atoms with Gasteiger partial charge in [-0.2, -0.15) is 0 Å². The number of hydrogen-bond acceptors (Lipinski definition) is 4. The van der Waals surface area contributed by atoms with Gasteiger partial charge in [0.05, 0.1) is 12.7 Å². The summed E-state index contributed by atoms with van der Waals surface area (Å²) in [6.45, 7) is 3.19. The van der Waals surface area contributed by atoms with Crippen molar-refractivity contribution in [3.05, 3.63) is 23.3 Å². The van der Waals surface area contributed by atoms with Crippen molar-refractivity contribution in [2.24, 2.45) is 5.73 Å². The maximum Gasteiger partial charge on any atom is 0.313 e. The van der Waals surface area contributed by atoms with Crippen molar-refractivity contribution < 1.29 is 14.5 Å². The third-order valence-electron chi connectivity index (χ3n) is 3.03. The summed E-state index contributed by atoms with van der Waals surface area (Å²) in [6.07, 6.45) is 0.635. The van der Waals surface area contributed by atoms with Crippen molar-refractivity contribution in [1.82, 2.24) is 0 Å². The van der Waals surface area contributed by atoms with E-state index in [1.807, 2.05) is 13.0 Å². The Morgan fingerprint density at radius 2 is 2.35 bits per heavy atom. The predicted molar refractivity (Wildman–Crippen MR) is 68.0 cm³/mol. The van der Waals surface area contributed by atoms with Gasteiger partial charge in [0, 0.05) is 19.6 Å². The van der Waals surface area contributed by atoms with Gasteiger partial charge >= 0.3 is 7.48 Å². The molecular formula is C12H18BNO3. The molecule has 1 heterocycles. The van der Waals surface area contributed by atoms with Crippen molar-refractivity contribution >= 4 is 12.9 Å². The number of aliphatic hydroxyl groups is 1. The number of ether oxygens (including phenoxy) is 1. The molecule has 1 unspecified atom stereocenters. The molecule has 3 N–H and O–H groups in total. The van der Waals surface area contributed by atoms with E-state index in [0.29, 0.717) is 27.1 Å². The van der Waals surface area contributed by atoms with Crippen molar-refractivity contribution in [2.45, 2.75) is 19.4 Å². The Labute approximate surface area is 102 Å². The second kappa shape index (κ2) is 5.53. The quantitative estimate of drug-likeness (QED) is 0.546. The Bertz CT molecular complexity index is 398. The summed E-state index contributed by atoms with van der Waals surface area (Å²) in [5.41, 5.74) is 9.01. The van der Waals surface area contributed by atoms with Crippen molar-refractivity contribution in [1.29, 1.82) is 0 Å². The first-order valence-electron chi connectivity index (χ1n) is 5.95. The zero-order valence-electron chi connectivity index (χ0n) is 10.1. The molecule has 1 atom stereocenters. The molecule has 1 aliphatic rings. The van der Waals surface area contributed by atoms with Crippen molar-refractivity contribution in [2.75, 3.05) is 19.8 Å². The lowest BCUT2D eigenvalue weighted by atomic mass is 9.84. The summed E-state index contributed by atoms with van der Waals surface area (Å²) in [5.74, 6) is 0.895. The lowest BCUT2D eigenvalue weighted by molar-refractivity contribution is 0.233. The van der Waals surface area contributed by atoms with Crippen LogP contribution in [0.3, 0.4) is 0 Å². The fourth-order valence-electron chi connectivity index (χ4n) is 2.12. The minimum Gasteiger partial charge on any atom is -0.494 e. The molecule has 17 heavy (non-hydrogen) atoms. The van der Waals surface area contributed by atoms with Gasteiger partial charge in [-0.1, -0.05) is 12.1 Å². The van der Waals surface area contributed by atoms with Gasteiger partial charge in [-0.25, -0.2) is 0 Å². The first-order valence-corrected chi connectivity index (χ1v) is 5.95. The fraction of sp³-hybridized carbons (Fsp3) is 0.500. The monoisotopic (exact) mass is 235 g/mol. The molecule has 0 radical (unpaired) electrons. The van der Waals surface area contributed by atoms with E-state index in [-0.39, 0.29) is 12.7 Å². The smallest absolute Gasteiger partial charge is 0.313 e. The summed E-state index contributed by atoms with van der Waals surface area (Å²) in [7, 11) is 0.563. The van der Waals surface area contributed by atoms with Gasteiger partial charge in [-0.05, 0) is 23.5 Å². The van der Waals surface area contributed by atoms with Crippen LogP contribution in [0.2, 0.25) is 0 Å². The molecule has 0 spiro atoms. The number of nitrogens with two attached hydrogens (primary N) is 1. The van der Waals surface area contributed by atoms with E-state index in [4.69, 9.17) is 20.2 Å². The molecular weight excluding hydrogens is 217 g/mol. The molecule has 1 aromatic carbocycles. The molecule has 0 fully saturated rings. The van der Waals surface area contributed by atoms with Crippen LogP contribution in [0.1, 0.15) is 23.7 Å². The summed E-state index contributed by atoms with van der Waals surface area (Å²) >= 11 is 0. The molecule has 0 aliphatic carbocycles. The Morgan fingerprint density at radius 3 is 3.06 bits per heavy atom. The minimum absolute atomic E-state index is 0.00853. The number of hydrogen-bond donors (Lipinski definition) is 2. The van der Waals surface area contributed by atoms with Crippen LogP contribution in [0.15, 0.2) is 12.1 Å². The molecule has 1 aromatic rings. The fourth-order valence-corrected chi connectivity index (χ4v) is 2.12. The number of rotatable bonds is 5. The normalized spacial score (nSPS) is 17.7. The van der Waals surface area contributed by atoms with Crippen LogP contribution in [0.25, 0.3) is 0 Å². The average Bonchev–Trinajstić information content (AvgIpc) is 2.75. The van der Waals surface area contributed by atoms with E-state index < -0.39 is 0 Å². The lowest BCUT2D eigenvalue weighted by Crippen LogP contribution is -2.18. The van der Waals surface area contributed by atoms with Gasteiger partial charge in [0.2, 0.25) is 0 Å². The first-order chi connectivity index (χ1) is 8.27. The third kappa shape index (κ3) is 2.46. The van der Waals surface area contributed by atoms with Gasteiger partial charge in [-0.15, -0.1) is 0 Å². The third-order valence-corrected chi connectivity index (χ3v) is 3.03. The average molecular weight is 235 g/mol. The van der Waals surface area contributed by atoms with E-state index in [1.165, 1.54) is 0 Å². The molecule has 92 valence electrons. The van der Waals surface area contributed by atoms with E-state index in [2.05, 4.69) is 6.07 Å². The lowest BCUT2D eigenvalue weighted by Gasteiger charge is -2.14. The van der Waals surface area contributed by atoms with Gasteiger partial charge in [0.1, 0.15) is 5.75 Å². The van der Waals surface area contributed by atoms with Gasteiger partial charge in [-0.3, -0.25) is 0 Å². The van der Waals surface area contributed by atoms with Gasteiger partial charge in [0.25, 0.3) is 0 Å². The molecule has 0 saturated carbocycles. The molecule has 0 amide bonds. The van der Waals surface area contributed by atoms with Gasteiger partial charge in [0.15, 0.2) is 0 Å². The van der Waals surface area contributed by atoms with Crippen molar-refractivity contribution in [3.63, 3.8) is 0 Å². The predicted octanol–water partition coefficient (Wildman–Crippen LogP) is -0.237. The van der Waals surface area contributed by atoms with Crippen molar-refractivity contribution in [3.8, 4) is 5.75 Å². The number of aliphatic hydroxyl groups excluding tert-OH is 1. The van der Waals surface area contributed by atoms with Crippen LogP contribution >= 0.6 is 0 Å². The zero-order chi connectivity index (χ0) is 12.3. The molecule has 2 rings (SSSR count). The molecule has 1 aliphatic heterocycles. The van der Waals surface area contributed by atoms with Crippen LogP contribution in [-0.4, -0.2) is 32.3 Å². The second-order valence-electron chi connectivity index (χ2n) is 4.24. The van der Waals surface area contributed by atoms with E-state index >= 15 is 0 Å². The number of fused-ring (bicyclic) bond motifs is 1. The summed E-state index contributed by atoms with van der Waals surface area (Å²) in [4.78, 5) is 0. The molecule has 0 saturated heterocycles. The second-order valence-corrected chi connectivity index (χ2v) is 4.24. The summed E-state index contributed by atoms with van der Waals surface area (Å²) in [5, 5.41) is 8.77. The van der Waals surface area contributed by atoms with E-state index in [1.54, 1.807) is 0 Å². The standard InChI is InChI=1S/C12H18BNO3/c1-8-3-4-9-10(7-14)17-13-11(9)12(8)16-6-2-5-15/h3-4,10,13,15H,2,5-7,14H2,1H3. The maximum absolute atomic E-state index is 8.77. The summed E-state index contributed by atoms with van der Waals surface area (Å²) in [6, 6.07) is 4.10. The Kier molecular flexibility index (Phi) is 4.04. The molecule has 5 heteroatoms. The van der Waals surface area contributed by atoms with Crippen LogP contribution in [0.4, 0.5) is 0 Å². The molecule has 0 aromatic heterocycles. The minimum atomic E-state index is -0.00853. The first kappa shape index (κ1) is 12.4. The summed E-state index contributed by atoms with van der Waals surface area (Å²) < 4.78 is 11.4. The van der Waals surface area contributed by atoms with Gasteiger partial charge < -0.3 is 20.2 Å². The Balaban J connectivity index is 2.23. The van der Waals surface area contributed by atoms with Crippen LogP contribution in [0, 0.1) is 6.92 Å². The highest BCUT2D eigenvalue weighted by atomic mass is 16.5. The molecule has 4 nitrogen and oxygen atoms in total. The van der Waals surface area contributed by atoms with Crippen LogP contribution in [0.5, 0.6) is 5.75 Å². The van der Waals surface area contributed by atoms with E-state index in [0.717, 1.165) is 22.3 Å². The zero-order valence-corrected chi connectivity index (χ0v) is 10.1. The number of aryl methyl sites for hydroxylation is 1. The van der Waals surface area contributed by atoms with E-state index in [9.17, 15) is 0 Å². The highest BCUT2D eigenvalue weighted by Gasteiger charge is 2.27. The maximum atomic E-state index is 8.77. The molecule has 0 bridgehead atoms. The van der Waals surface area contributed by atoms with Crippen LogP contribution in [-0.2, 0) is 4.65 Å². The Morgan fingerprint density at radius 1 is 1.53 bits per heavy atom. The topological polar surface area (TPSA) is 64.7 Å². The largest absolute Gasteiger partial charge is 0.494 e. The highest BCUT2D eigenvalue weighted by Crippen LogP contribution is 2.26. The highest BCUT2D eigenvalue weighted by molar-refractivity contribution is 6.50. The Hall–Kier alpha value is -1.04. The van der Waals surface area contributed by atoms with Crippen LogP contribution < -0.4 is 15.9 Å². The number of benzene rings is 1. The SMILES string of the molecule is Cc1ccc2c(c1OCCCO)BOC2CN.